The lowest BCUT2D eigenvalue weighted by molar-refractivity contribution is 0.389. The molecular weight excluding hydrogens is 326 g/mol. The summed E-state index contributed by atoms with van der Waals surface area (Å²) in [5.41, 5.74) is 1.57. The maximum absolute atomic E-state index is 3.56. The van der Waals surface area contributed by atoms with Gasteiger partial charge in [-0.1, -0.05) is 110 Å². The van der Waals surface area contributed by atoms with Gasteiger partial charge in [-0.05, 0) is 50.5 Å². The summed E-state index contributed by atoms with van der Waals surface area (Å²) in [6, 6.07) is 0. The molecule has 1 N–H and O–H groups in total. The lowest BCUT2D eigenvalue weighted by atomic mass is 9.91. The SMILES string of the molecule is CCCCCCNC/C=C(\C)CCC[C@H](C)CCC[C@H](C)CCCC(C)C. The molecule has 0 aliphatic carbocycles. The summed E-state index contributed by atoms with van der Waals surface area (Å²) < 4.78 is 0. The minimum absolute atomic E-state index is 0.872. The zero-order valence-electron chi connectivity index (χ0n) is 19.9. The van der Waals surface area contributed by atoms with Crippen molar-refractivity contribution in [1.29, 1.82) is 0 Å². The topological polar surface area (TPSA) is 12.0 Å². The Hall–Kier alpha value is -0.300. The molecule has 0 bridgehead atoms. The predicted molar refractivity (Wildman–Crippen MR) is 125 cm³/mol. The Morgan fingerprint density at radius 3 is 1.93 bits per heavy atom. The number of hydrogen-bond donors (Lipinski definition) is 1. The molecule has 1 nitrogen and oxygen atoms in total. The van der Waals surface area contributed by atoms with E-state index in [4.69, 9.17) is 0 Å². The molecule has 162 valence electrons. The quantitative estimate of drug-likeness (QED) is 0.175. The number of hydrogen-bond acceptors (Lipinski definition) is 1. The van der Waals surface area contributed by atoms with Crippen LogP contribution in [0.3, 0.4) is 0 Å². The molecule has 0 rings (SSSR count). The fourth-order valence-electron chi connectivity index (χ4n) is 3.83. The Bertz CT molecular complexity index is 331. The molecule has 0 aliphatic heterocycles. The van der Waals surface area contributed by atoms with Crippen LogP contribution in [-0.2, 0) is 0 Å². The second kappa shape index (κ2) is 19.0. The zero-order chi connectivity index (χ0) is 20.3. The molecule has 0 fully saturated rings. The predicted octanol–water partition coefficient (Wildman–Crippen LogP) is 8.54. The van der Waals surface area contributed by atoms with E-state index >= 15 is 0 Å². The van der Waals surface area contributed by atoms with Gasteiger partial charge in [-0.2, -0.15) is 0 Å². The normalized spacial score (nSPS) is 14.7. The fraction of sp³-hybridized carbons (Fsp3) is 0.923. The largest absolute Gasteiger partial charge is 0.313 e. The molecule has 0 aromatic heterocycles. The van der Waals surface area contributed by atoms with E-state index < -0.39 is 0 Å². The number of nitrogens with one attached hydrogen (secondary N) is 1. The van der Waals surface area contributed by atoms with Gasteiger partial charge < -0.3 is 5.32 Å². The van der Waals surface area contributed by atoms with Crippen molar-refractivity contribution < 1.29 is 0 Å². The van der Waals surface area contributed by atoms with Crippen LogP contribution in [0.1, 0.15) is 125 Å². The van der Waals surface area contributed by atoms with Crippen LogP contribution in [0.4, 0.5) is 0 Å². The van der Waals surface area contributed by atoms with Crippen LogP contribution in [-0.4, -0.2) is 13.1 Å². The third kappa shape index (κ3) is 20.2. The number of rotatable bonds is 19. The summed E-state index contributed by atoms with van der Waals surface area (Å²) in [6.07, 6.45) is 20.4. The minimum atomic E-state index is 0.872. The van der Waals surface area contributed by atoms with E-state index in [1.807, 2.05) is 0 Å². The van der Waals surface area contributed by atoms with Crippen LogP contribution in [0.15, 0.2) is 11.6 Å². The Morgan fingerprint density at radius 2 is 1.33 bits per heavy atom. The molecule has 0 spiro atoms. The van der Waals surface area contributed by atoms with E-state index in [9.17, 15) is 0 Å². The number of unbranched alkanes of at least 4 members (excludes halogenated alkanes) is 3. The Kier molecular flexibility index (Phi) is 18.8. The van der Waals surface area contributed by atoms with Gasteiger partial charge in [0.25, 0.3) is 0 Å². The van der Waals surface area contributed by atoms with Gasteiger partial charge in [0, 0.05) is 6.54 Å². The first-order valence-electron chi connectivity index (χ1n) is 12.3. The second-order valence-electron chi connectivity index (χ2n) is 9.67. The van der Waals surface area contributed by atoms with Gasteiger partial charge in [-0.25, -0.2) is 0 Å². The first-order chi connectivity index (χ1) is 13.0. The maximum atomic E-state index is 3.56. The van der Waals surface area contributed by atoms with Gasteiger partial charge in [0.1, 0.15) is 0 Å². The molecular formula is C26H53N. The maximum Gasteiger partial charge on any atom is 0.0137 e. The molecule has 0 aromatic rings. The lowest BCUT2D eigenvalue weighted by Crippen LogP contribution is -2.15. The van der Waals surface area contributed by atoms with Crippen molar-refractivity contribution in [3.63, 3.8) is 0 Å². The van der Waals surface area contributed by atoms with Crippen LogP contribution >= 0.6 is 0 Å². The van der Waals surface area contributed by atoms with Gasteiger partial charge in [-0.3, -0.25) is 0 Å². The summed E-state index contributed by atoms with van der Waals surface area (Å²) >= 11 is 0. The van der Waals surface area contributed by atoms with Crippen molar-refractivity contribution in [2.45, 2.75) is 125 Å². The average Bonchev–Trinajstić information content (AvgIpc) is 2.60. The van der Waals surface area contributed by atoms with Gasteiger partial charge >= 0.3 is 0 Å². The smallest absolute Gasteiger partial charge is 0.0137 e. The van der Waals surface area contributed by atoms with Gasteiger partial charge in [0.2, 0.25) is 0 Å². The second-order valence-corrected chi connectivity index (χ2v) is 9.67. The van der Waals surface area contributed by atoms with E-state index in [1.54, 1.807) is 5.57 Å². The van der Waals surface area contributed by atoms with Gasteiger partial charge in [-0.15, -0.1) is 0 Å². The Labute approximate surface area is 173 Å². The van der Waals surface area contributed by atoms with Crippen LogP contribution in [0, 0.1) is 17.8 Å². The average molecular weight is 380 g/mol. The first kappa shape index (κ1) is 26.7. The van der Waals surface area contributed by atoms with Crippen molar-refractivity contribution in [3.8, 4) is 0 Å². The summed E-state index contributed by atoms with van der Waals surface area (Å²) in [4.78, 5) is 0. The number of allylic oxidation sites excluding steroid dienone is 1. The molecule has 0 aliphatic rings. The van der Waals surface area contributed by atoms with Crippen molar-refractivity contribution in [3.05, 3.63) is 11.6 Å². The summed E-state index contributed by atoms with van der Waals surface area (Å²) in [5.74, 6) is 2.70. The standard InChI is InChI=1S/C26H53N/c1-7-8-9-10-21-27-22-20-26(6)19-13-18-25(5)17-12-16-24(4)15-11-14-23(2)3/h20,23-25,27H,7-19,21-22H2,1-6H3/b26-20+/t24-,25-/m1/s1. The fourth-order valence-corrected chi connectivity index (χ4v) is 3.83. The molecule has 0 heterocycles. The molecule has 0 saturated carbocycles. The first-order valence-corrected chi connectivity index (χ1v) is 12.3. The third-order valence-corrected chi connectivity index (χ3v) is 5.94. The lowest BCUT2D eigenvalue weighted by Gasteiger charge is -2.15. The highest BCUT2D eigenvalue weighted by Gasteiger charge is 2.06. The molecule has 0 aromatic carbocycles. The molecule has 1 heteroatoms. The molecule has 27 heavy (non-hydrogen) atoms. The van der Waals surface area contributed by atoms with E-state index in [0.29, 0.717) is 0 Å². The van der Waals surface area contributed by atoms with Crippen LogP contribution in [0.5, 0.6) is 0 Å². The van der Waals surface area contributed by atoms with Gasteiger partial charge in [0.05, 0.1) is 0 Å². The monoisotopic (exact) mass is 379 g/mol. The highest BCUT2D eigenvalue weighted by atomic mass is 14.8. The molecule has 0 unspecified atom stereocenters. The van der Waals surface area contributed by atoms with E-state index in [0.717, 1.165) is 24.3 Å². The van der Waals surface area contributed by atoms with Crippen molar-refractivity contribution in [2.24, 2.45) is 17.8 Å². The van der Waals surface area contributed by atoms with Gasteiger partial charge in [0.15, 0.2) is 0 Å². The van der Waals surface area contributed by atoms with Crippen LogP contribution in [0.25, 0.3) is 0 Å². The molecule has 0 radical (unpaired) electrons. The molecule has 0 saturated heterocycles. The minimum Gasteiger partial charge on any atom is -0.313 e. The van der Waals surface area contributed by atoms with Crippen molar-refractivity contribution in [2.75, 3.05) is 13.1 Å². The Balaban J connectivity index is 3.55. The van der Waals surface area contributed by atoms with Crippen molar-refractivity contribution in [1.82, 2.24) is 5.32 Å². The highest BCUT2D eigenvalue weighted by molar-refractivity contribution is 4.98. The summed E-state index contributed by atoms with van der Waals surface area (Å²) in [6.45, 7) is 16.4. The summed E-state index contributed by atoms with van der Waals surface area (Å²) in [5, 5.41) is 3.56. The van der Waals surface area contributed by atoms with E-state index in [2.05, 4.69) is 52.9 Å². The van der Waals surface area contributed by atoms with E-state index in [-0.39, 0.29) is 0 Å². The highest BCUT2D eigenvalue weighted by Crippen LogP contribution is 2.21. The Morgan fingerprint density at radius 1 is 0.741 bits per heavy atom. The molecule has 0 amide bonds. The van der Waals surface area contributed by atoms with E-state index in [1.165, 1.54) is 90.0 Å². The van der Waals surface area contributed by atoms with Crippen LogP contribution < -0.4 is 5.32 Å². The molecule has 2 atom stereocenters. The summed E-state index contributed by atoms with van der Waals surface area (Å²) in [7, 11) is 0. The van der Waals surface area contributed by atoms with Crippen LogP contribution in [0.2, 0.25) is 0 Å². The zero-order valence-corrected chi connectivity index (χ0v) is 19.9. The third-order valence-electron chi connectivity index (χ3n) is 5.94. The van der Waals surface area contributed by atoms with Crippen molar-refractivity contribution >= 4 is 0 Å².